The number of halogens is 3. The minimum Gasteiger partial charge on any atom is -0.484 e. The van der Waals surface area contributed by atoms with Gasteiger partial charge in [0.25, 0.3) is 5.69 Å². The van der Waals surface area contributed by atoms with Gasteiger partial charge in [0, 0.05) is 38.8 Å². The van der Waals surface area contributed by atoms with E-state index in [0.717, 1.165) is 11.6 Å². The maximum absolute atomic E-state index is 12.9. The fourth-order valence-electron chi connectivity index (χ4n) is 3.25. The Balaban J connectivity index is 1.62. The van der Waals surface area contributed by atoms with Crippen molar-refractivity contribution in [2.24, 2.45) is 0 Å². The Labute approximate surface area is 177 Å². The van der Waals surface area contributed by atoms with E-state index < -0.39 is 33.4 Å². The third kappa shape index (κ3) is 5.93. The number of nitro benzene ring substituents is 1. The summed E-state index contributed by atoms with van der Waals surface area (Å²) in [7, 11) is -4.02. The summed E-state index contributed by atoms with van der Waals surface area (Å²) in [5.41, 5.74) is 0.260. The predicted molar refractivity (Wildman–Crippen MR) is 105 cm³/mol. The lowest BCUT2D eigenvalue weighted by Gasteiger charge is -2.33. The predicted octanol–water partition coefficient (Wildman–Crippen LogP) is 3.04. The molecule has 1 aliphatic heterocycles. The Morgan fingerprint density at radius 1 is 1.03 bits per heavy atom. The van der Waals surface area contributed by atoms with Gasteiger partial charge < -0.3 is 4.74 Å². The number of para-hydroxylation sites is 1. The molecule has 0 aromatic heterocycles. The standard InChI is InChI=1S/C19H20F3N3O5S/c20-19(21,22)14-30-16-5-3-4-15(12-16)13-23-8-10-24(11-9-23)31(28,29)18-7-2-1-6-17(18)25(26)27/h1-7,12H,8-11,13-14H2. The van der Waals surface area contributed by atoms with Crippen LogP contribution in [0.15, 0.2) is 53.4 Å². The Bertz CT molecular complexity index is 1040. The largest absolute Gasteiger partial charge is 0.484 e. The summed E-state index contributed by atoms with van der Waals surface area (Å²) in [6.45, 7) is 0.0412. The van der Waals surface area contributed by atoms with E-state index in [1.807, 2.05) is 4.90 Å². The van der Waals surface area contributed by atoms with E-state index in [9.17, 15) is 31.7 Å². The molecule has 1 aliphatic rings. The van der Waals surface area contributed by atoms with Crippen molar-refractivity contribution in [3.63, 3.8) is 0 Å². The van der Waals surface area contributed by atoms with Crippen LogP contribution in [-0.4, -0.2) is 61.5 Å². The number of hydrogen-bond donors (Lipinski definition) is 0. The van der Waals surface area contributed by atoms with Crippen LogP contribution in [0.3, 0.4) is 0 Å². The Kier molecular flexibility index (Phi) is 6.82. The summed E-state index contributed by atoms with van der Waals surface area (Å²) in [6, 6.07) is 11.5. The van der Waals surface area contributed by atoms with Gasteiger partial charge in [-0.15, -0.1) is 0 Å². The van der Waals surface area contributed by atoms with Crippen molar-refractivity contribution in [3.8, 4) is 5.75 Å². The first kappa shape index (κ1) is 23.0. The zero-order chi connectivity index (χ0) is 22.6. The van der Waals surface area contributed by atoms with Gasteiger partial charge in [-0.2, -0.15) is 17.5 Å². The molecule has 168 valence electrons. The molecule has 3 rings (SSSR count). The minimum absolute atomic E-state index is 0.104. The van der Waals surface area contributed by atoms with Gasteiger partial charge in [-0.05, 0) is 23.8 Å². The number of sulfonamides is 1. The van der Waals surface area contributed by atoms with E-state index >= 15 is 0 Å². The minimum atomic E-state index is -4.42. The van der Waals surface area contributed by atoms with Gasteiger partial charge in [-0.25, -0.2) is 8.42 Å². The van der Waals surface area contributed by atoms with Gasteiger partial charge in [0.2, 0.25) is 10.0 Å². The monoisotopic (exact) mass is 459 g/mol. The smallest absolute Gasteiger partial charge is 0.422 e. The SMILES string of the molecule is O=[N+]([O-])c1ccccc1S(=O)(=O)N1CCN(Cc2cccc(OCC(F)(F)F)c2)CC1. The van der Waals surface area contributed by atoms with Crippen molar-refractivity contribution in [2.45, 2.75) is 17.6 Å². The summed E-state index contributed by atoms with van der Waals surface area (Å²) in [5, 5.41) is 11.2. The fraction of sp³-hybridized carbons (Fsp3) is 0.368. The number of alkyl halides is 3. The first-order valence-corrected chi connectivity index (χ1v) is 10.7. The van der Waals surface area contributed by atoms with Gasteiger partial charge in [0.15, 0.2) is 11.5 Å². The van der Waals surface area contributed by atoms with E-state index in [2.05, 4.69) is 0 Å². The molecular formula is C19H20F3N3O5S. The lowest BCUT2D eigenvalue weighted by atomic mass is 10.2. The molecule has 0 unspecified atom stereocenters. The van der Waals surface area contributed by atoms with Crippen LogP contribution in [0.1, 0.15) is 5.56 Å². The first-order valence-electron chi connectivity index (χ1n) is 9.31. The zero-order valence-electron chi connectivity index (χ0n) is 16.3. The molecule has 0 bridgehead atoms. The van der Waals surface area contributed by atoms with E-state index in [1.165, 1.54) is 34.6 Å². The molecule has 1 saturated heterocycles. The van der Waals surface area contributed by atoms with Gasteiger partial charge >= 0.3 is 6.18 Å². The van der Waals surface area contributed by atoms with E-state index in [4.69, 9.17) is 4.74 Å². The van der Waals surface area contributed by atoms with Gasteiger partial charge in [0.1, 0.15) is 5.75 Å². The molecule has 0 amide bonds. The Hall–Kier alpha value is -2.70. The summed E-state index contributed by atoms with van der Waals surface area (Å²) >= 11 is 0. The third-order valence-corrected chi connectivity index (χ3v) is 6.66. The zero-order valence-corrected chi connectivity index (χ0v) is 17.1. The number of piperazine rings is 1. The molecule has 8 nitrogen and oxygen atoms in total. The number of nitro groups is 1. The van der Waals surface area contributed by atoms with Gasteiger partial charge in [-0.1, -0.05) is 24.3 Å². The van der Waals surface area contributed by atoms with Crippen molar-refractivity contribution >= 4 is 15.7 Å². The highest BCUT2D eigenvalue weighted by molar-refractivity contribution is 7.89. The Morgan fingerprint density at radius 2 is 1.71 bits per heavy atom. The number of rotatable bonds is 7. The van der Waals surface area contributed by atoms with Crippen molar-refractivity contribution in [1.29, 1.82) is 0 Å². The lowest BCUT2D eigenvalue weighted by molar-refractivity contribution is -0.387. The van der Waals surface area contributed by atoms with Crippen molar-refractivity contribution < 1.29 is 31.2 Å². The molecule has 1 heterocycles. The van der Waals surface area contributed by atoms with Crippen LogP contribution in [0.2, 0.25) is 0 Å². The number of ether oxygens (including phenoxy) is 1. The first-order chi connectivity index (χ1) is 14.6. The average molecular weight is 459 g/mol. The van der Waals surface area contributed by atoms with Crippen LogP contribution in [0, 0.1) is 10.1 Å². The molecule has 0 aliphatic carbocycles. The van der Waals surface area contributed by atoms with Crippen molar-refractivity contribution in [1.82, 2.24) is 9.21 Å². The van der Waals surface area contributed by atoms with Crippen LogP contribution < -0.4 is 4.74 Å². The quantitative estimate of drug-likeness (QED) is 0.467. The van der Waals surface area contributed by atoms with Crippen LogP contribution >= 0.6 is 0 Å². The molecule has 0 radical (unpaired) electrons. The maximum atomic E-state index is 12.9. The highest BCUT2D eigenvalue weighted by atomic mass is 32.2. The second-order valence-electron chi connectivity index (χ2n) is 6.96. The van der Waals surface area contributed by atoms with Gasteiger partial charge in [-0.3, -0.25) is 15.0 Å². The summed E-state index contributed by atoms with van der Waals surface area (Å²) in [4.78, 5) is 12.1. The molecule has 2 aromatic rings. The third-order valence-electron chi connectivity index (χ3n) is 4.72. The number of benzene rings is 2. The topological polar surface area (TPSA) is 93.0 Å². The molecule has 1 fully saturated rings. The molecule has 0 atom stereocenters. The van der Waals surface area contributed by atoms with E-state index in [-0.39, 0.29) is 23.7 Å². The van der Waals surface area contributed by atoms with Crippen LogP contribution in [0.4, 0.5) is 18.9 Å². The lowest BCUT2D eigenvalue weighted by Crippen LogP contribution is -2.48. The molecule has 0 N–H and O–H groups in total. The normalized spacial score (nSPS) is 16.2. The second-order valence-corrected chi connectivity index (χ2v) is 8.86. The second kappa shape index (κ2) is 9.20. The molecule has 0 saturated carbocycles. The fourth-order valence-corrected chi connectivity index (χ4v) is 4.83. The molecule has 12 heteroatoms. The molecule has 0 spiro atoms. The Morgan fingerprint density at radius 3 is 2.35 bits per heavy atom. The van der Waals surface area contributed by atoms with Crippen molar-refractivity contribution in [2.75, 3.05) is 32.8 Å². The highest BCUT2D eigenvalue weighted by Crippen LogP contribution is 2.27. The summed E-state index contributed by atoms with van der Waals surface area (Å²) < 4.78 is 68.6. The molecular weight excluding hydrogens is 439 g/mol. The highest BCUT2D eigenvalue weighted by Gasteiger charge is 2.33. The number of nitrogens with zero attached hydrogens (tertiary/aromatic N) is 3. The number of hydrogen-bond acceptors (Lipinski definition) is 6. The van der Waals surface area contributed by atoms with Crippen LogP contribution in [-0.2, 0) is 16.6 Å². The average Bonchev–Trinajstić information content (AvgIpc) is 2.72. The maximum Gasteiger partial charge on any atom is 0.422 e. The summed E-state index contributed by atoms with van der Waals surface area (Å²) in [5.74, 6) is 0.104. The van der Waals surface area contributed by atoms with Crippen LogP contribution in [0.25, 0.3) is 0 Å². The van der Waals surface area contributed by atoms with E-state index in [1.54, 1.807) is 12.1 Å². The molecule has 31 heavy (non-hydrogen) atoms. The van der Waals surface area contributed by atoms with Crippen molar-refractivity contribution in [3.05, 3.63) is 64.2 Å². The summed E-state index contributed by atoms with van der Waals surface area (Å²) in [6.07, 6.45) is -4.42. The van der Waals surface area contributed by atoms with Gasteiger partial charge in [0.05, 0.1) is 4.92 Å². The van der Waals surface area contributed by atoms with E-state index in [0.29, 0.717) is 19.6 Å². The van der Waals surface area contributed by atoms with Crippen LogP contribution in [0.5, 0.6) is 5.75 Å². The molecule has 2 aromatic carbocycles.